The van der Waals surface area contributed by atoms with Gasteiger partial charge in [-0.25, -0.2) is 13.2 Å². The largest absolute Gasteiger partial charge is 0.477 e. The maximum Gasteiger partial charge on any atom is 0.400 e. The molecule has 1 saturated heterocycles. The summed E-state index contributed by atoms with van der Waals surface area (Å²) >= 11 is 1.07. The van der Waals surface area contributed by atoms with E-state index in [4.69, 9.17) is 4.18 Å². The molecule has 0 saturated carbocycles. The zero-order valence-corrected chi connectivity index (χ0v) is 16.5. The van der Waals surface area contributed by atoms with Gasteiger partial charge in [0.05, 0.1) is 24.7 Å². The van der Waals surface area contributed by atoms with Gasteiger partial charge in [-0.2, -0.15) is 8.42 Å². The fraction of sp³-hybridized carbons (Fsp3) is 0.533. The highest BCUT2D eigenvalue weighted by atomic mass is 32.3. The van der Waals surface area contributed by atoms with Gasteiger partial charge in [0.1, 0.15) is 5.70 Å². The summed E-state index contributed by atoms with van der Waals surface area (Å²) < 4.78 is 32.6. The number of thioether (sulfide) groups is 1. The van der Waals surface area contributed by atoms with Crippen molar-refractivity contribution in [2.75, 3.05) is 6.61 Å². The quantitative estimate of drug-likeness (QED) is 0.512. The normalized spacial score (nSPS) is 23.4. The number of carboxylic acids is 1. The monoisotopic (exact) mass is 420 g/mol. The van der Waals surface area contributed by atoms with Gasteiger partial charge >= 0.3 is 16.4 Å². The average Bonchev–Trinajstić information content (AvgIpc) is 2.85. The van der Waals surface area contributed by atoms with Crippen LogP contribution < -0.4 is 5.32 Å². The number of hydrogen-bond acceptors (Lipinski definition) is 8. The first-order valence-electron chi connectivity index (χ1n) is 8.05. The van der Waals surface area contributed by atoms with Crippen molar-refractivity contribution in [3.8, 4) is 0 Å². The van der Waals surface area contributed by atoms with Crippen LogP contribution in [-0.4, -0.2) is 55.0 Å². The van der Waals surface area contributed by atoms with Crippen LogP contribution in [0.1, 0.15) is 27.2 Å². The maximum absolute atomic E-state index is 12.4. The lowest BCUT2D eigenvalue weighted by atomic mass is 9.83. The van der Waals surface area contributed by atoms with E-state index in [1.165, 1.54) is 32.4 Å². The molecule has 2 rings (SSSR count). The first kappa shape index (κ1) is 21.4. The van der Waals surface area contributed by atoms with E-state index in [2.05, 4.69) is 9.50 Å². The van der Waals surface area contributed by atoms with Crippen LogP contribution in [0.25, 0.3) is 0 Å². The molecule has 0 radical (unpaired) electrons. The third-order valence-electron chi connectivity index (χ3n) is 3.97. The van der Waals surface area contributed by atoms with Gasteiger partial charge < -0.3 is 15.3 Å². The second-order valence-electron chi connectivity index (χ2n) is 5.82. The van der Waals surface area contributed by atoms with Gasteiger partial charge in [-0.15, -0.1) is 0 Å². The molecule has 0 bridgehead atoms. The fourth-order valence-corrected chi connectivity index (χ4v) is 4.71. The molecule has 2 aliphatic rings. The summed E-state index contributed by atoms with van der Waals surface area (Å²) in [5.41, 5.74) is -0.140. The minimum absolute atomic E-state index is 0.102. The molecule has 2 aliphatic heterocycles. The molecule has 0 aromatic carbocycles. The molecule has 2 N–H and O–H groups in total. The van der Waals surface area contributed by atoms with Gasteiger partial charge in [0.2, 0.25) is 11.8 Å². The predicted molar refractivity (Wildman–Crippen MR) is 95.0 cm³/mol. The topological polar surface area (TPSA) is 139 Å². The number of rotatable bonds is 9. The Labute approximate surface area is 160 Å². The molecule has 1 fully saturated rings. The summed E-state index contributed by atoms with van der Waals surface area (Å²) in [6, 6.07) is -0.507. The summed E-state index contributed by atoms with van der Waals surface area (Å²) in [6.45, 7) is 4.15. The third-order valence-corrected chi connectivity index (χ3v) is 5.95. The maximum atomic E-state index is 12.4. The lowest BCUT2D eigenvalue weighted by Gasteiger charge is -2.45. The van der Waals surface area contributed by atoms with E-state index in [-0.39, 0.29) is 24.6 Å². The van der Waals surface area contributed by atoms with Crippen LogP contribution in [-0.2, 0) is 33.1 Å². The van der Waals surface area contributed by atoms with Crippen molar-refractivity contribution in [3.05, 3.63) is 22.2 Å². The zero-order valence-electron chi connectivity index (χ0n) is 14.9. The van der Waals surface area contributed by atoms with Gasteiger partial charge in [0, 0.05) is 24.4 Å². The zero-order chi connectivity index (χ0) is 20.4. The number of amides is 2. The smallest absolute Gasteiger partial charge is 0.400 e. The van der Waals surface area contributed by atoms with Crippen LogP contribution in [0.4, 0.5) is 0 Å². The second kappa shape index (κ2) is 8.42. The van der Waals surface area contributed by atoms with Gasteiger partial charge in [-0.1, -0.05) is 11.8 Å². The molecular weight excluding hydrogens is 400 g/mol. The van der Waals surface area contributed by atoms with Crippen LogP contribution in [0.3, 0.4) is 0 Å². The highest BCUT2D eigenvalue weighted by Gasteiger charge is 2.57. The van der Waals surface area contributed by atoms with Crippen LogP contribution in [0.2, 0.25) is 0 Å². The Morgan fingerprint density at radius 2 is 2.15 bits per heavy atom. The van der Waals surface area contributed by atoms with E-state index in [1.54, 1.807) is 0 Å². The molecule has 2 amide bonds. The molecule has 0 spiro atoms. The molecule has 3 atom stereocenters. The number of fused-ring (bicyclic) bond motifs is 1. The van der Waals surface area contributed by atoms with Gasteiger partial charge in [0.25, 0.3) is 0 Å². The Kier molecular flexibility index (Phi) is 6.68. The molecular formula is C15H20N2O8S2. The number of carboxylic acid groups (broad SMARTS) is 1. The minimum atomic E-state index is -4.23. The number of nitrogens with zero attached hydrogens (tertiary/aromatic N) is 1. The van der Waals surface area contributed by atoms with E-state index in [1.807, 2.05) is 0 Å². The van der Waals surface area contributed by atoms with Crippen LogP contribution in [0.15, 0.2) is 22.2 Å². The predicted octanol–water partition coefficient (Wildman–Crippen LogP) is 0.540. The van der Waals surface area contributed by atoms with E-state index >= 15 is 0 Å². The molecule has 10 nitrogen and oxygen atoms in total. The number of hydrogen-bond donors (Lipinski definition) is 2. The molecule has 27 heavy (non-hydrogen) atoms. The molecule has 0 aromatic rings. The Morgan fingerprint density at radius 1 is 1.48 bits per heavy atom. The molecule has 0 aliphatic carbocycles. The lowest BCUT2D eigenvalue weighted by molar-refractivity contribution is -0.160. The highest BCUT2D eigenvalue weighted by Crippen LogP contribution is 2.47. The van der Waals surface area contributed by atoms with E-state index in [0.717, 1.165) is 16.7 Å². The first-order chi connectivity index (χ1) is 12.6. The Morgan fingerprint density at radius 3 is 2.70 bits per heavy atom. The molecule has 0 unspecified atom stereocenters. The number of aliphatic carboxylic acids is 1. The number of β-lactam (4-membered cyclic amide) rings is 1. The SMILES string of the molecule is CCOS(=O)(=O)O[C@@H](C)[C@@H]1C(=O)N2C(C(=O)O)=C(S/C=C\NC(C)=O)C[C@H]12. The van der Waals surface area contributed by atoms with E-state index in [0.29, 0.717) is 4.91 Å². The van der Waals surface area contributed by atoms with E-state index < -0.39 is 40.3 Å². The van der Waals surface area contributed by atoms with Gasteiger partial charge in [-0.05, 0) is 19.3 Å². The summed E-state index contributed by atoms with van der Waals surface area (Å²) in [7, 11) is -4.23. The average molecular weight is 420 g/mol. The van der Waals surface area contributed by atoms with Crippen molar-refractivity contribution < 1.29 is 36.3 Å². The second-order valence-corrected chi connectivity index (χ2v) is 8.06. The number of carbonyl (C=O) groups excluding carboxylic acids is 2. The van der Waals surface area contributed by atoms with E-state index in [9.17, 15) is 27.9 Å². The summed E-state index contributed by atoms with van der Waals surface area (Å²) in [5.74, 6) is -2.84. The first-order valence-corrected chi connectivity index (χ1v) is 10.3. The molecule has 0 aromatic heterocycles. The summed E-state index contributed by atoms with van der Waals surface area (Å²) in [6.07, 6.45) is 0.620. The Hall–Kier alpha value is -1.89. The lowest BCUT2D eigenvalue weighted by Crippen LogP contribution is -2.62. The van der Waals surface area contributed by atoms with Crippen molar-refractivity contribution in [2.24, 2.45) is 5.92 Å². The van der Waals surface area contributed by atoms with Crippen molar-refractivity contribution in [1.82, 2.24) is 10.2 Å². The standard InChI is InChI=1S/C15H20N2O8S2/c1-4-24-27(22,23)25-8(2)12-10-7-11(26-6-5-16-9(3)18)13(15(20)21)17(10)14(12)19/h5-6,8,10,12H,4,7H2,1-3H3,(H,16,18)(H,20,21)/b6-5-/t8-,10+,12-/m0/s1. The molecule has 12 heteroatoms. The Bertz CT molecular complexity index is 805. The van der Waals surface area contributed by atoms with Gasteiger partial charge in [0.15, 0.2) is 0 Å². The van der Waals surface area contributed by atoms with Crippen LogP contribution in [0, 0.1) is 5.92 Å². The third kappa shape index (κ3) is 4.69. The number of nitrogens with one attached hydrogen (secondary N) is 1. The van der Waals surface area contributed by atoms with Crippen molar-refractivity contribution in [2.45, 2.75) is 39.3 Å². The molecule has 2 heterocycles. The van der Waals surface area contributed by atoms with Crippen molar-refractivity contribution >= 4 is 39.9 Å². The summed E-state index contributed by atoms with van der Waals surface area (Å²) in [4.78, 5) is 36.4. The molecule has 150 valence electrons. The van der Waals surface area contributed by atoms with Crippen LogP contribution in [0.5, 0.6) is 0 Å². The fourth-order valence-electron chi connectivity index (χ4n) is 3.01. The van der Waals surface area contributed by atoms with Crippen LogP contribution >= 0.6 is 11.8 Å². The number of carbonyl (C=O) groups is 3. The highest BCUT2D eigenvalue weighted by molar-refractivity contribution is 8.05. The minimum Gasteiger partial charge on any atom is -0.477 e. The van der Waals surface area contributed by atoms with Gasteiger partial charge in [-0.3, -0.25) is 9.59 Å². The Balaban J connectivity index is 2.11. The van der Waals surface area contributed by atoms with Crippen molar-refractivity contribution in [3.63, 3.8) is 0 Å². The van der Waals surface area contributed by atoms with Crippen molar-refractivity contribution in [1.29, 1.82) is 0 Å². The summed E-state index contributed by atoms with van der Waals surface area (Å²) in [5, 5.41) is 13.4.